The molecule has 3 heteroatoms. The molecule has 0 aliphatic carbocycles. The van der Waals surface area contributed by atoms with Crippen LogP contribution in [0, 0.1) is 6.07 Å². The van der Waals surface area contributed by atoms with Gasteiger partial charge in [-0.15, -0.1) is 0 Å². The van der Waals surface area contributed by atoms with Crippen molar-refractivity contribution in [2.24, 2.45) is 0 Å². The highest BCUT2D eigenvalue weighted by Gasteiger charge is 2.36. The molecule has 0 aromatic heterocycles. The van der Waals surface area contributed by atoms with Crippen molar-refractivity contribution in [2.75, 3.05) is 0 Å². The fourth-order valence-corrected chi connectivity index (χ4v) is 0.853. The maximum atomic E-state index is 12.1. The lowest BCUT2D eigenvalue weighted by Crippen LogP contribution is -2.17. The Labute approximate surface area is 69.0 Å². The molecule has 0 bridgehead atoms. The lowest BCUT2D eigenvalue weighted by Gasteiger charge is -2.14. The minimum atomic E-state index is -4.17. The van der Waals surface area contributed by atoms with Crippen molar-refractivity contribution in [1.29, 1.82) is 0 Å². The van der Waals surface area contributed by atoms with E-state index in [1.807, 2.05) is 0 Å². The second-order valence-corrected chi connectivity index (χ2v) is 2.58. The minimum Gasteiger partial charge on any atom is -0.170 e. The zero-order valence-corrected chi connectivity index (χ0v) is 6.52. The van der Waals surface area contributed by atoms with Crippen LogP contribution in [0.4, 0.5) is 13.2 Å². The fraction of sp³-hybridized carbons (Fsp3) is 0.333. The summed E-state index contributed by atoms with van der Waals surface area (Å²) in [7, 11) is 0. The lowest BCUT2D eigenvalue weighted by molar-refractivity contribution is -0.146. The zero-order valence-electron chi connectivity index (χ0n) is 6.52. The molecule has 65 valence electrons. The van der Waals surface area contributed by atoms with Crippen LogP contribution < -0.4 is 0 Å². The molecule has 1 aromatic rings. The van der Waals surface area contributed by atoms with Gasteiger partial charge in [0.25, 0.3) is 0 Å². The van der Waals surface area contributed by atoms with E-state index < -0.39 is 12.1 Å². The first-order valence-electron chi connectivity index (χ1n) is 3.55. The molecule has 1 rings (SSSR count). The first kappa shape index (κ1) is 9.10. The smallest absolute Gasteiger partial charge is 0.170 e. The molecular formula is C9H8F3. The molecule has 0 aliphatic heterocycles. The van der Waals surface area contributed by atoms with Gasteiger partial charge in [-0.05, 0) is 18.6 Å². The van der Waals surface area contributed by atoms with Crippen molar-refractivity contribution < 1.29 is 13.2 Å². The Morgan fingerprint density at radius 1 is 1.33 bits per heavy atom. The van der Waals surface area contributed by atoms with E-state index in [0.717, 1.165) is 6.92 Å². The highest BCUT2D eigenvalue weighted by atomic mass is 19.4. The molecule has 1 atom stereocenters. The van der Waals surface area contributed by atoms with E-state index in [2.05, 4.69) is 6.07 Å². The van der Waals surface area contributed by atoms with E-state index in [-0.39, 0.29) is 5.56 Å². The summed E-state index contributed by atoms with van der Waals surface area (Å²) in [5, 5.41) is 0. The van der Waals surface area contributed by atoms with Gasteiger partial charge in [-0.2, -0.15) is 13.2 Å². The van der Waals surface area contributed by atoms with Gasteiger partial charge < -0.3 is 0 Å². The van der Waals surface area contributed by atoms with E-state index in [1.54, 1.807) is 12.1 Å². The third kappa shape index (κ3) is 2.00. The SMILES string of the molecule is CC(c1[c]cccc1)C(F)(F)F. The van der Waals surface area contributed by atoms with Crippen molar-refractivity contribution in [2.45, 2.75) is 19.0 Å². The van der Waals surface area contributed by atoms with Crippen molar-refractivity contribution in [1.82, 2.24) is 0 Å². The standard InChI is InChI=1S/C9H8F3/c1-7(9(10,11)12)8-5-3-2-4-6-8/h2-5,7H,1H3. The van der Waals surface area contributed by atoms with Gasteiger partial charge in [-0.25, -0.2) is 0 Å². The van der Waals surface area contributed by atoms with Crippen LogP contribution in [0.3, 0.4) is 0 Å². The predicted octanol–water partition coefficient (Wildman–Crippen LogP) is 3.15. The number of hydrogen-bond donors (Lipinski definition) is 0. The van der Waals surface area contributed by atoms with E-state index in [1.165, 1.54) is 12.1 Å². The molecule has 1 radical (unpaired) electrons. The summed E-state index contributed by atoms with van der Waals surface area (Å²) in [6.45, 7) is 1.13. The van der Waals surface area contributed by atoms with Crippen LogP contribution in [-0.2, 0) is 0 Å². The minimum absolute atomic E-state index is 0.185. The normalized spacial score (nSPS) is 14.3. The average molecular weight is 173 g/mol. The fourth-order valence-electron chi connectivity index (χ4n) is 0.853. The lowest BCUT2D eigenvalue weighted by atomic mass is 10.0. The molecule has 12 heavy (non-hydrogen) atoms. The van der Waals surface area contributed by atoms with Gasteiger partial charge in [0.15, 0.2) is 0 Å². The van der Waals surface area contributed by atoms with Gasteiger partial charge in [0.2, 0.25) is 0 Å². The van der Waals surface area contributed by atoms with Crippen molar-refractivity contribution in [3.8, 4) is 0 Å². The molecule has 0 aliphatic rings. The first-order chi connectivity index (χ1) is 5.52. The molecule has 0 spiro atoms. The van der Waals surface area contributed by atoms with Crippen LogP contribution in [0.2, 0.25) is 0 Å². The summed E-state index contributed by atoms with van der Waals surface area (Å²) >= 11 is 0. The summed E-state index contributed by atoms with van der Waals surface area (Å²) in [6, 6.07) is 8.69. The third-order valence-electron chi connectivity index (χ3n) is 1.69. The van der Waals surface area contributed by atoms with E-state index in [0.29, 0.717) is 0 Å². The molecule has 1 aromatic carbocycles. The van der Waals surface area contributed by atoms with Gasteiger partial charge in [0.05, 0.1) is 5.92 Å². The molecule has 0 nitrogen and oxygen atoms in total. The number of hydrogen-bond acceptors (Lipinski definition) is 0. The molecule has 0 N–H and O–H groups in total. The number of rotatable bonds is 1. The van der Waals surface area contributed by atoms with Crippen LogP contribution >= 0.6 is 0 Å². The van der Waals surface area contributed by atoms with Crippen molar-refractivity contribution in [3.63, 3.8) is 0 Å². The topological polar surface area (TPSA) is 0 Å². The second-order valence-electron chi connectivity index (χ2n) is 2.58. The highest BCUT2D eigenvalue weighted by Crippen LogP contribution is 2.33. The van der Waals surface area contributed by atoms with Crippen molar-refractivity contribution in [3.05, 3.63) is 35.9 Å². The molecule has 0 fully saturated rings. The molecule has 0 saturated heterocycles. The Hall–Kier alpha value is -0.990. The number of benzene rings is 1. The van der Waals surface area contributed by atoms with Crippen LogP contribution in [-0.4, -0.2) is 6.18 Å². The van der Waals surface area contributed by atoms with Gasteiger partial charge in [0, 0.05) is 0 Å². The predicted molar refractivity (Wildman–Crippen MR) is 39.7 cm³/mol. The first-order valence-corrected chi connectivity index (χ1v) is 3.55. The van der Waals surface area contributed by atoms with E-state index in [4.69, 9.17) is 0 Å². The quantitative estimate of drug-likeness (QED) is 0.612. The Bertz CT molecular complexity index is 238. The summed E-state index contributed by atoms with van der Waals surface area (Å²) in [4.78, 5) is 0. The Morgan fingerprint density at radius 2 is 2.00 bits per heavy atom. The molecular weight excluding hydrogens is 165 g/mol. The van der Waals surface area contributed by atoms with Gasteiger partial charge in [-0.1, -0.05) is 24.3 Å². The summed E-state index contributed by atoms with van der Waals surface area (Å²) < 4.78 is 36.3. The Kier molecular flexibility index (Phi) is 2.40. The number of alkyl halides is 3. The van der Waals surface area contributed by atoms with E-state index in [9.17, 15) is 13.2 Å². The van der Waals surface area contributed by atoms with Crippen LogP contribution in [0.1, 0.15) is 18.4 Å². The Balaban J connectivity index is 2.86. The summed E-state index contributed by atoms with van der Waals surface area (Å²) in [5.41, 5.74) is 0.185. The maximum absolute atomic E-state index is 12.1. The number of halogens is 3. The largest absolute Gasteiger partial charge is 0.395 e. The third-order valence-corrected chi connectivity index (χ3v) is 1.69. The molecule has 0 amide bonds. The summed E-state index contributed by atoms with van der Waals surface area (Å²) in [6.07, 6.45) is -4.17. The van der Waals surface area contributed by atoms with Crippen LogP contribution in [0.15, 0.2) is 24.3 Å². The van der Waals surface area contributed by atoms with Crippen LogP contribution in [0.25, 0.3) is 0 Å². The highest BCUT2D eigenvalue weighted by molar-refractivity contribution is 5.18. The van der Waals surface area contributed by atoms with Gasteiger partial charge in [0.1, 0.15) is 0 Å². The van der Waals surface area contributed by atoms with Crippen molar-refractivity contribution >= 4 is 0 Å². The second kappa shape index (κ2) is 3.17. The molecule has 1 unspecified atom stereocenters. The van der Waals surface area contributed by atoms with Gasteiger partial charge in [-0.3, -0.25) is 0 Å². The summed E-state index contributed by atoms with van der Waals surface area (Å²) in [5.74, 6) is -1.43. The van der Waals surface area contributed by atoms with Crippen LogP contribution in [0.5, 0.6) is 0 Å². The molecule has 0 heterocycles. The zero-order chi connectivity index (χ0) is 9.19. The maximum Gasteiger partial charge on any atom is 0.395 e. The Morgan fingerprint density at radius 3 is 2.42 bits per heavy atom. The monoisotopic (exact) mass is 173 g/mol. The van der Waals surface area contributed by atoms with E-state index >= 15 is 0 Å². The average Bonchev–Trinajstić information content (AvgIpc) is 2.03. The van der Waals surface area contributed by atoms with Gasteiger partial charge >= 0.3 is 6.18 Å². The molecule has 0 saturated carbocycles.